The summed E-state index contributed by atoms with van der Waals surface area (Å²) in [6.07, 6.45) is 7.37. The summed E-state index contributed by atoms with van der Waals surface area (Å²) in [7, 11) is 1.42. The average Bonchev–Trinajstić information content (AvgIpc) is 3.56. The normalized spacial score (nSPS) is 15.1. The predicted molar refractivity (Wildman–Crippen MR) is 135 cm³/mol. The van der Waals surface area contributed by atoms with Crippen molar-refractivity contribution in [1.29, 1.82) is 5.26 Å². The minimum atomic E-state index is -0.394. The van der Waals surface area contributed by atoms with Crippen molar-refractivity contribution in [2.45, 2.75) is 49.6 Å². The summed E-state index contributed by atoms with van der Waals surface area (Å²) < 4.78 is 10.1. The summed E-state index contributed by atoms with van der Waals surface area (Å²) in [5.74, 6) is 0.336. The number of nitrogens with zero attached hydrogens (tertiary/aromatic N) is 3. The van der Waals surface area contributed by atoms with Gasteiger partial charge in [0, 0.05) is 54.2 Å². The number of hydrogen-bond acceptors (Lipinski definition) is 6. The Bertz CT molecular complexity index is 1190. The van der Waals surface area contributed by atoms with Gasteiger partial charge >= 0.3 is 5.97 Å². The van der Waals surface area contributed by atoms with Crippen LogP contribution in [0, 0.1) is 17.2 Å². The number of rotatable bonds is 10. The van der Waals surface area contributed by atoms with Crippen LogP contribution >= 0.6 is 11.9 Å². The van der Waals surface area contributed by atoms with Crippen LogP contribution in [0.5, 0.6) is 0 Å². The fourth-order valence-corrected chi connectivity index (χ4v) is 5.50. The number of carbonyl (C=O) groups is 2. The Morgan fingerprint density at radius 1 is 1.26 bits per heavy atom. The van der Waals surface area contributed by atoms with Crippen LogP contribution in [0.15, 0.2) is 53.7 Å². The van der Waals surface area contributed by atoms with E-state index < -0.39 is 6.04 Å². The number of nitrogens with one attached hydrogen (secondary N) is 2. The largest absolute Gasteiger partial charge is 0.469 e. The van der Waals surface area contributed by atoms with Crippen molar-refractivity contribution in [3.8, 4) is 6.07 Å². The molecule has 0 spiro atoms. The van der Waals surface area contributed by atoms with E-state index in [1.807, 2.05) is 52.2 Å². The number of likely N-dealkylation sites (tertiary alicyclic amines) is 1. The summed E-state index contributed by atoms with van der Waals surface area (Å²) in [6.45, 7) is 1.95. The molecule has 1 saturated heterocycles. The van der Waals surface area contributed by atoms with Crippen molar-refractivity contribution in [3.05, 3.63) is 54.5 Å². The van der Waals surface area contributed by atoms with E-state index in [1.165, 1.54) is 19.1 Å². The van der Waals surface area contributed by atoms with E-state index in [4.69, 9.17) is 4.74 Å². The lowest BCUT2D eigenvalue weighted by atomic mass is 9.92. The Labute approximate surface area is 209 Å². The quantitative estimate of drug-likeness (QED) is 0.326. The number of aryl methyl sites for hydroxylation is 1. The van der Waals surface area contributed by atoms with Gasteiger partial charge in [0.05, 0.1) is 13.2 Å². The van der Waals surface area contributed by atoms with Crippen LogP contribution in [-0.4, -0.2) is 52.6 Å². The zero-order chi connectivity index (χ0) is 24.6. The molecular formula is C26H31N5O3S. The van der Waals surface area contributed by atoms with Gasteiger partial charge in [-0.1, -0.05) is 6.07 Å². The van der Waals surface area contributed by atoms with E-state index in [1.54, 1.807) is 6.07 Å². The van der Waals surface area contributed by atoms with Gasteiger partial charge in [-0.05, 0) is 73.9 Å². The first-order valence-electron chi connectivity index (χ1n) is 12.0. The molecule has 9 heteroatoms. The third-order valence-electron chi connectivity index (χ3n) is 6.68. The lowest BCUT2D eigenvalue weighted by Gasteiger charge is -2.34. The molecule has 1 amide bonds. The lowest BCUT2D eigenvalue weighted by Crippen LogP contribution is -2.48. The monoisotopic (exact) mass is 493 g/mol. The van der Waals surface area contributed by atoms with Crippen molar-refractivity contribution in [1.82, 2.24) is 19.2 Å². The van der Waals surface area contributed by atoms with E-state index in [9.17, 15) is 14.9 Å². The highest BCUT2D eigenvalue weighted by Gasteiger charge is 2.29. The summed E-state index contributed by atoms with van der Waals surface area (Å²) in [5.41, 5.74) is 1.65. The standard InChI is InChI=1S/C26H31N5O3S/c1-34-25(32)8-7-19-10-15-31(16-11-19)26(33)23(12-17-30-14-3-4-20(30)18-27)29-35-24-6-2-5-22-21(24)9-13-28-22/h2-6,9,13-14,19,23,28-29H,7-8,10-12,15-17H2,1H3. The number of H-pyrrole nitrogens is 1. The van der Waals surface area contributed by atoms with Crippen LogP contribution in [0.3, 0.4) is 0 Å². The van der Waals surface area contributed by atoms with Crippen molar-refractivity contribution in [3.63, 3.8) is 0 Å². The molecule has 1 fully saturated rings. The number of hydrogen-bond donors (Lipinski definition) is 2. The van der Waals surface area contributed by atoms with Gasteiger partial charge in [-0.3, -0.25) is 9.59 Å². The van der Waals surface area contributed by atoms with Crippen LogP contribution in [-0.2, 0) is 20.9 Å². The second kappa shape index (κ2) is 12.0. The number of carbonyl (C=O) groups excluding carboxylic acids is 2. The van der Waals surface area contributed by atoms with E-state index in [0.29, 0.717) is 44.1 Å². The van der Waals surface area contributed by atoms with Crippen LogP contribution in [0.1, 0.15) is 37.8 Å². The molecule has 8 nitrogen and oxygen atoms in total. The first-order chi connectivity index (χ1) is 17.1. The number of methoxy groups -OCH3 is 1. The summed E-state index contributed by atoms with van der Waals surface area (Å²) >= 11 is 1.47. The molecular weight excluding hydrogens is 462 g/mol. The van der Waals surface area contributed by atoms with Gasteiger partial charge in [0.15, 0.2) is 0 Å². The van der Waals surface area contributed by atoms with Gasteiger partial charge < -0.3 is 19.2 Å². The first-order valence-corrected chi connectivity index (χ1v) is 12.8. The molecule has 0 radical (unpaired) electrons. The fraction of sp³-hybridized carbons (Fsp3) is 0.423. The molecule has 0 saturated carbocycles. The zero-order valence-corrected chi connectivity index (χ0v) is 20.7. The van der Waals surface area contributed by atoms with Crippen molar-refractivity contribution in [2.24, 2.45) is 5.92 Å². The number of ether oxygens (including phenoxy) is 1. The van der Waals surface area contributed by atoms with Crippen LogP contribution in [0.2, 0.25) is 0 Å². The topological polar surface area (TPSA) is 103 Å². The Morgan fingerprint density at radius 3 is 2.86 bits per heavy atom. The Kier molecular flexibility index (Phi) is 8.50. The molecule has 1 unspecified atom stereocenters. The maximum atomic E-state index is 13.6. The van der Waals surface area contributed by atoms with Crippen LogP contribution in [0.25, 0.3) is 10.9 Å². The van der Waals surface area contributed by atoms with E-state index in [-0.39, 0.29) is 11.9 Å². The fourth-order valence-electron chi connectivity index (χ4n) is 4.58. The number of piperidine rings is 1. The van der Waals surface area contributed by atoms with Gasteiger partial charge in [0.25, 0.3) is 0 Å². The summed E-state index contributed by atoms with van der Waals surface area (Å²) in [6, 6.07) is 13.5. The number of benzene rings is 1. The highest BCUT2D eigenvalue weighted by molar-refractivity contribution is 7.97. The zero-order valence-electron chi connectivity index (χ0n) is 19.9. The Morgan fingerprint density at radius 2 is 2.09 bits per heavy atom. The number of aromatic nitrogens is 2. The number of esters is 1. The third kappa shape index (κ3) is 6.27. The van der Waals surface area contributed by atoms with E-state index >= 15 is 0 Å². The van der Waals surface area contributed by atoms with Crippen molar-refractivity contribution in [2.75, 3.05) is 20.2 Å². The van der Waals surface area contributed by atoms with Gasteiger partial charge in [0.2, 0.25) is 5.91 Å². The molecule has 2 N–H and O–H groups in total. The molecule has 1 aliphatic heterocycles. The second-order valence-corrected chi connectivity index (χ2v) is 9.72. The molecule has 1 aromatic carbocycles. The molecule has 3 heterocycles. The molecule has 1 aliphatic rings. The van der Waals surface area contributed by atoms with Crippen molar-refractivity contribution >= 4 is 34.7 Å². The molecule has 0 aliphatic carbocycles. The molecule has 0 bridgehead atoms. The molecule has 184 valence electrons. The van der Waals surface area contributed by atoms with Crippen LogP contribution in [0.4, 0.5) is 0 Å². The third-order valence-corrected chi connectivity index (χ3v) is 7.66. The molecule has 1 atom stereocenters. The van der Waals surface area contributed by atoms with Gasteiger partial charge in [0.1, 0.15) is 11.8 Å². The summed E-state index contributed by atoms with van der Waals surface area (Å²) in [5, 5.41) is 10.4. The highest BCUT2D eigenvalue weighted by Crippen LogP contribution is 2.27. The average molecular weight is 494 g/mol. The number of aromatic amines is 1. The Balaban J connectivity index is 1.40. The smallest absolute Gasteiger partial charge is 0.305 e. The maximum absolute atomic E-state index is 13.6. The predicted octanol–water partition coefficient (Wildman–Crippen LogP) is 4.09. The van der Waals surface area contributed by atoms with Crippen LogP contribution < -0.4 is 4.72 Å². The number of amides is 1. The second-order valence-electron chi connectivity index (χ2n) is 8.84. The summed E-state index contributed by atoms with van der Waals surface area (Å²) in [4.78, 5) is 31.2. The minimum absolute atomic E-state index is 0.0795. The van der Waals surface area contributed by atoms with Crippen molar-refractivity contribution < 1.29 is 14.3 Å². The highest BCUT2D eigenvalue weighted by atomic mass is 32.2. The SMILES string of the molecule is COC(=O)CCC1CCN(C(=O)C(CCn2cccc2C#N)NSc2cccc3[nH]ccc23)CC1. The first kappa shape index (κ1) is 24.9. The minimum Gasteiger partial charge on any atom is -0.469 e. The molecule has 35 heavy (non-hydrogen) atoms. The number of nitriles is 1. The van der Waals surface area contributed by atoms with Gasteiger partial charge in [-0.25, -0.2) is 4.72 Å². The Hall–Kier alpha value is -3.22. The van der Waals surface area contributed by atoms with Gasteiger partial charge in [-0.15, -0.1) is 0 Å². The molecule has 4 rings (SSSR count). The molecule has 2 aromatic heterocycles. The van der Waals surface area contributed by atoms with E-state index in [2.05, 4.69) is 15.8 Å². The van der Waals surface area contributed by atoms with E-state index in [0.717, 1.165) is 35.1 Å². The molecule has 3 aromatic rings. The number of fused-ring (bicyclic) bond motifs is 1. The lowest BCUT2D eigenvalue weighted by molar-refractivity contribution is -0.141. The van der Waals surface area contributed by atoms with Gasteiger partial charge in [-0.2, -0.15) is 5.26 Å². The maximum Gasteiger partial charge on any atom is 0.305 e.